The van der Waals surface area contributed by atoms with Gasteiger partial charge in [0.2, 0.25) is 0 Å². The van der Waals surface area contributed by atoms with Gasteiger partial charge in [0.05, 0.1) is 0 Å². The Morgan fingerprint density at radius 3 is 2.29 bits per heavy atom. The summed E-state index contributed by atoms with van der Waals surface area (Å²) in [6, 6.07) is 1.89. The van der Waals surface area contributed by atoms with Crippen LogP contribution in [0.25, 0.3) is 0 Å². The number of nitrogens with zero attached hydrogens (tertiary/aromatic N) is 4. The van der Waals surface area contributed by atoms with Crippen LogP contribution in [-0.2, 0) is 6.42 Å². The third kappa shape index (κ3) is 3.76. The third-order valence-electron chi connectivity index (χ3n) is 1.96. The molecule has 0 fully saturated rings. The quantitative estimate of drug-likeness (QED) is 0.821. The average Bonchev–Trinajstić information content (AvgIpc) is 2.32. The Hall–Kier alpha value is -1.53. The molecule has 0 amide bonds. The standard InChI is InChI=1S/C11H13N5S/c1-8(12)5-9-6-15-11(16-7-9)17-10-13-3-2-4-14-10/h2-4,6-8H,5,12H2,1H3. The van der Waals surface area contributed by atoms with E-state index in [2.05, 4.69) is 19.9 Å². The molecule has 0 saturated carbocycles. The van der Waals surface area contributed by atoms with E-state index in [0.717, 1.165) is 12.0 Å². The van der Waals surface area contributed by atoms with E-state index in [1.54, 1.807) is 30.9 Å². The molecule has 2 rings (SSSR count). The summed E-state index contributed by atoms with van der Waals surface area (Å²) in [6.45, 7) is 1.96. The van der Waals surface area contributed by atoms with Crippen molar-refractivity contribution in [3.63, 3.8) is 0 Å². The van der Waals surface area contributed by atoms with Gasteiger partial charge in [-0.15, -0.1) is 0 Å². The van der Waals surface area contributed by atoms with Crippen LogP contribution in [0.4, 0.5) is 0 Å². The number of hydrogen-bond donors (Lipinski definition) is 1. The van der Waals surface area contributed by atoms with Crippen molar-refractivity contribution < 1.29 is 0 Å². The molecule has 88 valence electrons. The Morgan fingerprint density at radius 1 is 1.12 bits per heavy atom. The second-order valence-electron chi connectivity index (χ2n) is 3.69. The van der Waals surface area contributed by atoms with Gasteiger partial charge < -0.3 is 5.73 Å². The second-order valence-corrected chi connectivity index (χ2v) is 4.62. The second kappa shape index (κ2) is 5.70. The first-order valence-electron chi connectivity index (χ1n) is 5.25. The Labute approximate surface area is 104 Å². The fourth-order valence-electron chi connectivity index (χ4n) is 1.29. The highest BCUT2D eigenvalue weighted by molar-refractivity contribution is 7.99. The summed E-state index contributed by atoms with van der Waals surface area (Å²) >= 11 is 1.34. The summed E-state index contributed by atoms with van der Waals surface area (Å²) < 4.78 is 0. The van der Waals surface area contributed by atoms with Crippen LogP contribution in [0.2, 0.25) is 0 Å². The predicted octanol–water partition coefficient (Wildman–Crippen LogP) is 1.31. The van der Waals surface area contributed by atoms with Gasteiger partial charge in [-0.3, -0.25) is 0 Å². The van der Waals surface area contributed by atoms with Gasteiger partial charge in [-0.05, 0) is 36.7 Å². The molecule has 0 aliphatic carbocycles. The van der Waals surface area contributed by atoms with Crippen molar-refractivity contribution in [2.75, 3.05) is 0 Å². The van der Waals surface area contributed by atoms with Crippen LogP contribution >= 0.6 is 11.8 Å². The molecule has 0 aliphatic rings. The molecular formula is C11H13N5S. The van der Waals surface area contributed by atoms with Gasteiger partial charge in [0, 0.05) is 30.8 Å². The maximum Gasteiger partial charge on any atom is 0.195 e. The van der Waals surface area contributed by atoms with Crippen molar-refractivity contribution >= 4 is 11.8 Å². The molecule has 0 aliphatic heterocycles. The molecule has 2 aromatic rings. The first-order chi connectivity index (χ1) is 8.24. The van der Waals surface area contributed by atoms with Gasteiger partial charge in [0.15, 0.2) is 10.3 Å². The molecule has 0 bridgehead atoms. The van der Waals surface area contributed by atoms with E-state index < -0.39 is 0 Å². The number of hydrogen-bond acceptors (Lipinski definition) is 6. The zero-order chi connectivity index (χ0) is 12.1. The molecule has 0 radical (unpaired) electrons. The van der Waals surface area contributed by atoms with Crippen molar-refractivity contribution in [1.82, 2.24) is 19.9 Å². The zero-order valence-corrected chi connectivity index (χ0v) is 10.3. The predicted molar refractivity (Wildman–Crippen MR) is 65.5 cm³/mol. The van der Waals surface area contributed by atoms with E-state index in [1.807, 2.05) is 6.92 Å². The highest BCUT2D eigenvalue weighted by atomic mass is 32.2. The largest absolute Gasteiger partial charge is 0.328 e. The summed E-state index contributed by atoms with van der Waals surface area (Å²) in [4.78, 5) is 16.7. The van der Waals surface area contributed by atoms with Crippen molar-refractivity contribution in [1.29, 1.82) is 0 Å². The summed E-state index contributed by atoms with van der Waals surface area (Å²) in [5, 5.41) is 1.29. The highest BCUT2D eigenvalue weighted by Crippen LogP contribution is 2.19. The molecule has 6 heteroatoms. The minimum atomic E-state index is 0.120. The summed E-state index contributed by atoms with van der Waals surface area (Å²) in [5.74, 6) is 0. The Morgan fingerprint density at radius 2 is 1.71 bits per heavy atom. The molecule has 2 N–H and O–H groups in total. The van der Waals surface area contributed by atoms with Crippen LogP contribution in [0, 0.1) is 0 Å². The van der Waals surface area contributed by atoms with E-state index in [0.29, 0.717) is 10.3 Å². The monoisotopic (exact) mass is 247 g/mol. The van der Waals surface area contributed by atoms with Crippen LogP contribution in [0.15, 0.2) is 41.2 Å². The van der Waals surface area contributed by atoms with Gasteiger partial charge in [0.1, 0.15) is 0 Å². The highest BCUT2D eigenvalue weighted by Gasteiger charge is 2.03. The maximum atomic E-state index is 5.71. The molecule has 2 heterocycles. The molecule has 1 unspecified atom stereocenters. The number of nitrogens with two attached hydrogens (primary N) is 1. The number of rotatable bonds is 4. The summed E-state index contributed by atoms with van der Waals surface area (Å²) in [5.41, 5.74) is 6.75. The topological polar surface area (TPSA) is 77.6 Å². The van der Waals surface area contributed by atoms with E-state index in [4.69, 9.17) is 5.73 Å². The van der Waals surface area contributed by atoms with Crippen molar-refractivity contribution in [3.8, 4) is 0 Å². The first-order valence-corrected chi connectivity index (χ1v) is 6.07. The summed E-state index contributed by atoms with van der Waals surface area (Å²) in [6.07, 6.45) is 7.76. The van der Waals surface area contributed by atoms with Crippen LogP contribution in [0.5, 0.6) is 0 Å². The minimum Gasteiger partial charge on any atom is -0.328 e. The normalized spacial score (nSPS) is 12.4. The van der Waals surface area contributed by atoms with Gasteiger partial charge in [-0.2, -0.15) is 0 Å². The fourth-order valence-corrected chi connectivity index (χ4v) is 1.89. The van der Waals surface area contributed by atoms with Crippen LogP contribution < -0.4 is 5.73 Å². The van der Waals surface area contributed by atoms with Crippen molar-refractivity contribution in [2.45, 2.75) is 29.7 Å². The SMILES string of the molecule is CC(N)Cc1cnc(Sc2ncccn2)nc1. The Kier molecular flexibility index (Phi) is 4.00. The molecule has 5 nitrogen and oxygen atoms in total. The lowest BCUT2D eigenvalue weighted by molar-refractivity contribution is 0.727. The van der Waals surface area contributed by atoms with E-state index in [9.17, 15) is 0 Å². The molecule has 0 aromatic carbocycles. The van der Waals surface area contributed by atoms with E-state index >= 15 is 0 Å². The number of aromatic nitrogens is 4. The lowest BCUT2D eigenvalue weighted by Crippen LogP contribution is -2.17. The molecular weight excluding hydrogens is 234 g/mol. The lowest BCUT2D eigenvalue weighted by atomic mass is 10.1. The average molecular weight is 247 g/mol. The van der Waals surface area contributed by atoms with Crippen LogP contribution in [0.1, 0.15) is 12.5 Å². The summed E-state index contributed by atoms with van der Waals surface area (Å²) in [7, 11) is 0. The van der Waals surface area contributed by atoms with Gasteiger partial charge in [0.25, 0.3) is 0 Å². The lowest BCUT2D eigenvalue weighted by Gasteiger charge is -2.04. The van der Waals surface area contributed by atoms with Crippen molar-refractivity contribution in [3.05, 3.63) is 36.4 Å². The molecule has 0 saturated heterocycles. The van der Waals surface area contributed by atoms with Gasteiger partial charge in [-0.25, -0.2) is 19.9 Å². The van der Waals surface area contributed by atoms with Crippen LogP contribution in [-0.4, -0.2) is 26.0 Å². The molecule has 1 atom stereocenters. The zero-order valence-electron chi connectivity index (χ0n) is 9.45. The Balaban J connectivity index is 2.03. The first kappa shape index (κ1) is 11.9. The van der Waals surface area contributed by atoms with E-state index in [1.165, 1.54) is 11.8 Å². The van der Waals surface area contributed by atoms with Crippen molar-refractivity contribution in [2.24, 2.45) is 5.73 Å². The van der Waals surface area contributed by atoms with E-state index in [-0.39, 0.29) is 6.04 Å². The van der Waals surface area contributed by atoms with Gasteiger partial charge >= 0.3 is 0 Å². The maximum absolute atomic E-state index is 5.71. The fraction of sp³-hybridized carbons (Fsp3) is 0.273. The van der Waals surface area contributed by atoms with Gasteiger partial charge in [-0.1, -0.05) is 0 Å². The smallest absolute Gasteiger partial charge is 0.195 e. The molecule has 2 aromatic heterocycles. The molecule has 17 heavy (non-hydrogen) atoms. The Bertz CT molecular complexity index is 457. The molecule has 0 spiro atoms. The third-order valence-corrected chi connectivity index (χ3v) is 2.75. The van der Waals surface area contributed by atoms with Crippen LogP contribution in [0.3, 0.4) is 0 Å². The minimum absolute atomic E-state index is 0.120.